The van der Waals surface area contributed by atoms with Crippen LogP contribution in [0.4, 0.5) is 5.95 Å². The highest BCUT2D eigenvalue weighted by Gasteiger charge is 2.24. The Hall–Kier alpha value is -3.15. The molecule has 0 radical (unpaired) electrons. The summed E-state index contributed by atoms with van der Waals surface area (Å²) in [5, 5.41) is 15.3. The van der Waals surface area contributed by atoms with Gasteiger partial charge in [0.2, 0.25) is 5.95 Å². The third-order valence-electron chi connectivity index (χ3n) is 4.15. The highest BCUT2D eigenvalue weighted by molar-refractivity contribution is 5.77. The number of allylic oxidation sites excluding steroid dienone is 1. The third kappa shape index (κ3) is 2.52. The number of rotatable bonds is 3. The Morgan fingerprint density at radius 3 is 2.50 bits per heavy atom. The minimum absolute atomic E-state index is 0.0473. The predicted molar refractivity (Wildman–Crippen MR) is 91.7 cm³/mol. The molecule has 1 N–H and O–H groups in total. The van der Waals surface area contributed by atoms with Gasteiger partial charge in [0.05, 0.1) is 7.11 Å². The lowest BCUT2D eigenvalue weighted by atomic mass is 10.0. The summed E-state index contributed by atoms with van der Waals surface area (Å²) in [5.74, 6) is 1.46. The number of anilines is 1. The predicted octanol–water partition coefficient (Wildman–Crippen LogP) is 3.05. The molecule has 1 aliphatic rings. The van der Waals surface area contributed by atoms with E-state index in [2.05, 4.69) is 58.1 Å². The lowest BCUT2D eigenvalue weighted by Gasteiger charge is -2.23. The van der Waals surface area contributed by atoms with Crippen LogP contribution in [0.3, 0.4) is 0 Å². The number of methoxy groups -OCH3 is 1. The van der Waals surface area contributed by atoms with Gasteiger partial charge in [-0.05, 0) is 58.8 Å². The number of hydrogen-bond donors (Lipinski definition) is 1. The summed E-state index contributed by atoms with van der Waals surface area (Å²) in [5.41, 5.74) is 4.40. The van der Waals surface area contributed by atoms with Crippen molar-refractivity contribution in [3.8, 4) is 5.75 Å². The van der Waals surface area contributed by atoms with Gasteiger partial charge < -0.3 is 10.1 Å². The van der Waals surface area contributed by atoms with E-state index in [-0.39, 0.29) is 6.04 Å². The lowest BCUT2D eigenvalue weighted by molar-refractivity contribution is 0.415. The zero-order chi connectivity index (χ0) is 16.5. The van der Waals surface area contributed by atoms with Crippen molar-refractivity contribution in [2.24, 2.45) is 0 Å². The van der Waals surface area contributed by atoms with Crippen molar-refractivity contribution >= 4 is 11.6 Å². The molecule has 0 unspecified atom stereocenters. The first-order valence-corrected chi connectivity index (χ1v) is 7.72. The quantitative estimate of drug-likeness (QED) is 0.804. The molecule has 4 rings (SSSR count). The molecule has 0 saturated heterocycles. The molecule has 120 valence electrons. The smallest absolute Gasteiger partial charge is 0.248 e. The summed E-state index contributed by atoms with van der Waals surface area (Å²) in [6.07, 6.45) is 2.13. The molecule has 1 aromatic heterocycles. The molecule has 0 aliphatic carbocycles. The minimum atomic E-state index is -0.0473. The number of nitrogens with zero attached hydrogens (tertiary/aromatic N) is 4. The minimum Gasteiger partial charge on any atom is -0.497 e. The van der Waals surface area contributed by atoms with E-state index in [1.54, 1.807) is 11.8 Å². The van der Waals surface area contributed by atoms with Crippen LogP contribution in [-0.2, 0) is 0 Å². The number of hydrogen-bond acceptors (Lipinski definition) is 5. The molecule has 0 amide bonds. The van der Waals surface area contributed by atoms with Crippen LogP contribution in [0, 0.1) is 6.92 Å². The molecule has 2 aromatic carbocycles. The monoisotopic (exact) mass is 319 g/mol. The van der Waals surface area contributed by atoms with Crippen LogP contribution in [0.15, 0.2) is 54.6 Å². The van der Waals surface area contributed by atoms with Crippen molar-refractivity contribution in [2.75, 3.05) is 12.4 Å². The van der Waals surface area contributed by atoms with Crippen molar-refractivity contribution < 1.29 is 4.74 Å². The molecule has 1 atom stereocenters. The molecule has 0 spiro atoms. The van der Waals surface area contributed by atoms with Crippen molar-refractivity contribution in [3.63, 3.8) is 0 Å². The molecule has 6 nitrogen and oxygen atoms in total. The standard InChI is InChI=1S/C18H17N5O/c1-12-3-5-14(6-4-12)17-11-16(19-18-20-21-22-23(17)18)13-7-9-15(24-2)10-8-13/h3-11,17H,1-2H3,(H,19,20,22)/t17-/m0/s1. The summed E-state index contributed by atoms with van der Waals surface area (Å²) in [6.45, 7) is 2.08. The number of aryl methyl sites for hydroxylation is 1. The van der Waals surface area contributed by atoms with Crippen LogP contribution in [0.5, 0.6) is 5.75 Å². The van der Waals surface area contributed by atoms with Gasteiger partial charge in [-0.3, -0.25) is 0 Å². The van der Waals surface area contributed by atoms with Gasteiger partial charge in [0, 0.05) is 5.70 Å². The Balaban J connectivity index is 1.76. The maximum Gasteiger partial charge on any atom is 0.248 e. The summed E-state index contributed by atoms with van der Waals surface area (Å²) >= 11 is 0. The number of benzene rings is 2. The normalized spacial score (nSPS) is 16.1. The van der Waals surface area contributed by atoms with Gasteiger partial charge in [-0.2, -0.15) is 4.68 Å². The van der Waals surface area contributed by atoms with Crippen molar-refractivity contribution in [3.05, 3.63) is 71.3 Å². The SMILES string of the molecule is COc1ccc(C2=C[C@@H](c3ccc(C)cc3)n3nnnc3N2)cc1. The van der Waals surface area contributed by atoms with Crippen molar-refractivity contribution in [2.45, 2.75) is 13.0 Å². The first kappa shape index (κ1) is 14.4. The van der Waals surface area contributed by atoms with Gasteiger partial charge in [0.1, 0.15) is 11.8 Å². The second-order valence-electron chi connectivity index (χ2n) is 5.74. The van der Waals surface area contributed by atoms with E-state index in [9.17, 15) is 0 Å². The molecular weight excluding hydrogens is 302 g/mol. The lowest BCUT2D eigenvalue weighted by Crippen LogP contribution is -2.20. The van der Waals surface area contributed by atoms with Crippen molar-refractivity contribution in [1.82, 2.24) is 20.2 Å². The number of tetrazole rings is 1. The zero-order valence-corrected chi connectivity index (χ0v) is 13.5. The van der Waals surface area contributed by atoms with Crippen LogP contribution < -0.4 is 10.1 Å². The Bertz CT molecular complexity index is 881. The van der Waals surface area contributed by atoms with E-state index in [1.165, 1.54) is 5.56 Å². The Morgan fingerprint density at radius 2 is 1.79 bits per heavy atom. The van der Waals surface area contributed by atoms with E-state index >= 15 is 0 Å². The van der Waals surface area contributed by atoms with E-state index in [0.717, 1.165) is 22.6 Å². The van der Waals surface area contributed by atoms with Crippen LogP contribution in [-0.4, -0.2) is 27.3 Å². The molecule has 0 fully saturated rings. The van der Waals surface area contributed by atoms with E-state index in [0.29, 0.717) is 5.95 Å². The second-order valence-corrected chi connectivity index (χ2v) is 5.74. The fraction of sp³-hybridized carbons (Fsp3) is 0.167. The van der Waals surface area contributed by atoms with Crippen LogP contribution in [0.25, 0.3) is 5.70 Å². The average molecular weight is 319 g/mol. The molecule has 3 aromatic rings. The number of ether oxygens (including phenoxy) is 1. The summed E-state index contributed by atoms with van der Waals surface area (Å²) in [6, 6.07) is 16.3. The molecule has 2 heterocycles. The van der Waals surface area contributed by atoms with E-state index in [1.807, 2.05) is 24.3 Å². The Labute approximate surface area is 139 Å². The van der Waals surface area contributed by atoms with E-state index in [4.69, 9.17) is 4.74 Å². The van der Waals surface area contributed by atoms with Gasteiger partial charge in [-0.15, -0.1) is 0 Å². The number of aromatic nitrogens is 4. The average Bonchev–Trinajstić information content (AvgIpc) is 3.10. The van der Waals surface area contributed by atoms with Gasteiger partial charge in [0.15, 0.2) is 0 Å². The zero-order valence-electron chi connectivity index (χ0n) is 13.5. The molecule has 0 bridgehead atoms. The maximum atomic E-state index is 5.23. The van der Waals surface area contributed by atoms with Crippen molar-refractivity contribution in [1.29, 1.82) is 0 Å². The highest BCUT2D eigenvalue weighted by Crippen LogP contribution is 2.32. The Kier molecular flexibility index (Phi) is 3.49. The molecule has 6 heteroatoms. The number of nitrogens with one attached hydrogen (secondary N) is 1. The van der Waals surface area contributed by atoms with Gasteiger partial charge in [0.25, 0.3) is 0 Å². The first-order valence-electron chi connectivity index (χ1n) is 7.72. The fourth-order valence-electron chi connectivity index (χ4n) is 2.79. The topological polar surface area (TPSA) is 64.9 Å². The maximum absolute atomic E-state index is 5.23. The van der Waals surface area contributed by atoms with Gasteiger partial charge >= 0.3 is 0 Å². The van der Waals surface area contributed by atoms with Crippen LogP contribution >= 0.6 is 0 Å². The van der Waals surface area contributed by atoms with Gasteiger partial charge in [-0.1, -0.05) is 34.9 Å². The summed E-state index contributed by atoms with van der Waals surface area (Å²) < 4.78 is 7.02. The molecule has 24 heavy (non-hydrogen) atoms. The highest BCUT2D eigenvalue weighted by atomic mass is 16.5. The second kappa shape index (κ2) is 5.81. The molecule has 0 saturated carbocycles. The molecular formula is C18H17N5O. The summed E-state index contributed by atoms with van der Waals surface area (Å²) in [7, 11) is 1.66. The van der Waals surface area contributed by atoms with Crippen LogP contribution in [0.2, 0.25) is 0 Å². The Morgan fingerprint density at radius 1 is 1.04 bits per heavy atom. The fourth-order valence-corrected chi connectivity index (χ4v) is 2.79. The number of fused-ring (bicyclic) bond motifs is 1. The third-order valence-corrected chi connectivity index (χ3v) is 4.15. The first-order chi connectivity index (χ1) is 11.7. The largest absolute Gasteiger partial charge is 0.497 e. The van der Waals surface area contributed by atoms with Crippen LogP contribution in [0.1, 0.15) is 22.7 Å². The molecule has 1 aliphatic heterocycles. The van der Waals surface area contributed by atoms with Gasteiger partial charge in [-0.25, -0.2) is 0 Å². The van der Waals surface area contributed by atoms with E-state index < -0.39 is 0 Å². The summed E-state index contributed by atoms with van der Waals surface area (Å²) in [4.78, 5) is 0.